The highest BCUT2D eigenvalue weighted by Crippen LogP contribution is 2.30. The Kier molecular flexibility index (Phi) is 3.28. The molecule has 0 spiro atoms. The van der Waals surface area contributed by atoms with Crippen LogP contribution >= 0.6 is 11.6 Å². The average molecular weight is 272 g/mol. The number of benzene rings is 2. The van der Waals surface area contributed by atoms with E-state index in [0.29, 0.717) is 11.7 Å². The largest absolute Gasteiger partial charge is 0.392 e. The number of rotatable bonds is 3. The first kappa shape index (κ1) is 12.3. The summed E-state index contributed by atoms with van der Waals surface area (Å²) in [6, 6.07) is 18.2. The van der Waals surface area contributed by atoms with E-state index in [1.54, 1.807) is 0 Å². The van der Waals surface area contributed by atoms with E-state index >= 15 is 0 Å². The molecule has 1 aromatic heterocycles. The number of fused-ring (bicyclic) bond motifs is 1. The molecule has 0 radical (unpaired) electrons. The molecule has 3 rings (SSSR count). The predicted molar refractivity (Wildman–Crippen MR) is 78.4 cm³/mol. The molecule has 0 fully saturated rings. The zero-order chi connectivity index (χ0) is 13.2. The summed E-state index contributed by atoms with van der Waals surface area (Å²) in [7, 11) is 0. The van der Waals surface area contributed by atoms with Crippen LogP contribution in [0.1, 0.15) is 11.1 Å². The Bertz CT molecular complexity index is 703. The van der Waals surface area contributed by atoms with Crippen LogP contribution in [0.2, 0.25) is 5.15 Å². The van der Waals surface area contributed by atoms with Gasteiger partial charge in [0.15, 0.2) is 0 Å². The van der Waals surface area contributed by atoms with Crippen molar-refractivity contribution in [3.8, 4) is 0 Å². The van der Waals surface area contributed by atoms with Crippen LogP contribution in [-0.4, -0.2) is 9.67 Å². The minimum atomic E-state index is -0.0405. The summed E-state index contributed by atoms with van der Waals surface area (Å²) in [5, 5.41) is 11.1. The molecule has 2 nitrogen and oxygen atoms in total. The molecule has 0 aliphatic carbocycles. The summed E-state index contributed by atoms with van der Waals surface area (Å²) in [6.45, 7) is 0.668. The second-order valence-corrected chi connectivity index (χ2v) is 4.87. The van der Waals surface area contributed by atoms with E-state index in [1.807, 2.05) is 47.0 Å². The van der Waals surface area contributed by atoms with Crippen molar-refractivity contribution in [2.24, 2.45) is 0 Å². The van der Waals surface area contributed by atoms with Crippen molar-refractivity contribution in [1.82, 2.24) is 4.57 Å². The van der Waals surface area contributed by atoms with Gasteiger partial charge < -0.3 is 9.67 Å². The lowest BCUT2D eigenvalue weighted by Gasteiger charge is -2.07. The second kappa shape index (κ2) is 5.08. The van der Waals surface area contributed by atoms with E-state index in [4.69, 9.17) is 11.6 Å². The van der Waals surface area contributed by atoms with E-state index in [-0.39, 0.29) is 6.61 Å². The van der Waals surface area contributed by atoms with Crippen LogP contribution in [0.5, 0.6) is 0 Å². The molecule has 0 aliphatic heterocycles. The van der Waals surface area contributed by atoms with Crippen LogP contribution in [0, 0.1) is 0 Å². The van der Waals surface area contributed by atoms with Crippen molar-refractivity contribution < 1.29 is 5.11 Å². The van der Waals surface area contributed by atoms with Crippen LogP contribution in [0.4, 0.5) is 0 Å². The monoisotopic (exact) mass is 271 g/mol. The van der Waals surface area contributed by atoms with Crippen LogP contribution in [0.25, 0.3) is 10.9 Å². The van der Waals surface area contributed by atoms with Gasteiger partial charge in [0, 0.05) is 23.0 Å². The number of nitrogens with zero attached hydrogens (tertiary/aromatic N) is 1. The van der Waals surface area contributed by atoms with Gasteiger partial charge >= 0.3 is 0 Å². The van der Waals surface area contributed by atoms with Gasteiger partial charge in [-0.05, 0) is 11.6 Å². The summed E-state index contributed by atoms with van der Waals surface area (Å²) in [5.74, 6) is 0. The molecule has 0 amide bonds. The average Bonchev–Trinajstić information content (AvgIpc) is 2.73. The molecule has 3 heteroatoms. The lowest BCUT2D eigenvalue weighted by atomic mass is 10.2. The Morgan fingerprint density at radius 1 is 0.947 bits per heavy atom. The number of halogens is 1. The summed E-state index contributed by atoms with van der Waals surface area (Å²) < 4.78 is 2.04. The Labute approximate surface area is 116 Å². The van der Waals surface area contributed by atoms with Gasteiger partial charge in [-0.25, -0.2) is 0 Å². The molecule has 96 valence electrons. The first-order valence-electron chi connectivity index (χ1n) is 6.21. The summed E-state index contributed by atoms with van der Waals surface area (Å²) in [5.41, 5.74) is 3.04. The van der Waals surface area contributed by atoms with Gasteiger partial charge in [-0.3, -0.25) is 0 Å². The summed E-state index contributed by atoms with van der Waals surface area (Å²) >= 11 is 6.41. The van der Waals surface area contributed by atoms with E-state index in [2.05, 4.69) is 12.1 Å². The molecule has 19 heavy (non-hydrogen) atoms. The number of aromatic nitrogens is 1. The van der Waals surface area contributed by atoms with Gasteiger partial charge in [-0.15, -0.1) is 0 Å². The van der Waals surface area contributed by atoms with Gasteiger partial charge in [0.25, 0.3) is 0 Å². The third-order valence-corrected chi connectivity index (χ3v) is 3.78. The second-order valence-electron chi connectivity index (χ2n) is 4.52. The Hall–Kier alpha value is -1.77. The molecule has 1 heterocycles. The van der Waals surface area contributed by atoms with Gasteiger partial charge in [0.05, 0.1) is 6.61 Å². The fraction of sp³-hybridized carbons (Fsp3) is 0.125. The van der Waals surface area contributed by atoms with Crippen LogP contribution in [-0.2, 0) is 13.2 Å². The van der Waals surface area contributed by atoms with E-state index < -0.39 is 0 Å². The molecule has 0 unspecified atom stereocenters. The number of aliphatic hydroxyl groups is 1. The Morgan fingerprint density at radius 2 is 1.63 bits per heavy atom. The van der Waals surface area contributed by atoms with Crippen molar-refractivity contribution in [3.63, 3.8) is 0 Å². The van der Waals surface area contributed by atoms with E-state index in [9.17, 15) is 5.11 Å². The topological polar surface area (TPSA) is 25.2 Å². The van der Waals surface area contributed by atoms with Gasteiger partial charge in [-0.2, -0.15) is 0 Å². The lowest BCUT2D eigenvalue weighted by molar-refractivity contribution is 0.283. The molecule has 1 N–H and O–H groups in total. The van der Waals surface area contributed by atoms with Crippen molar-refractivity contribution in [1.29, 1.82) is 0 Å². The molecule has 3 aromatic rings. The molecule has 0 atom stereocenters. The highest BCUT2D eigenvalue weighted by molar-refractivity contribution is 6.32. The van der Waals surface area contributed by atoms with E-state index in [1.165, 1.54) is 5.56 Å². The number of hydrogen-bond donors (Lipinski definition) is 1. The molecule has 0 aliphatic rings. The molecule has 2 aromatic carbocycles. The molecular weight excluding hydrogens is 258 g/mol. The first-order valence-corrected chi connectivity index (χ1v) is 6.59. The maximum absolute atomic E-state index is 9.50. The van der Waals surface area contributed by atoms with Crippen LogP contribution in [0.15, 0.2) is 54.6 Å². The third kappa shape index (κ3) is 2.14. The molecule has 0 saturated carbocycles. The number of hydrogen-bond acceptors (Lipinski definition) is 1. The maximum Gasteiger partial charge on any atom is 0.115 e. The maximum atomic E-state index is 9.50. The highest BCUT2D eigenvalue weighted by Gasteiger charge is 2.14. The van der Waals surface area contributed by atoms with Crippen molar-refractivity contribution in [2.45, 2.75) is 13.2 Å². The minimum Gasteiger partial charge on any atom is -0.392 e. The number of aliphatic hydroxyl groups excluding tert-OH is 1. The lowest BCUT2D eigenvalue weighted by Crippen LogP contribution is -1.99. The molecule has 0 bridgehead atoms. The van der Waals surface area contributed by atoms with Crippen LogP contribution < -0.4 is 0 Å². The summed E-state index contributed by atoms with van der Waals surface area (Å²) in [6.07, 6.45) is 0. The first-order chi connectivity index (χ1) is 9.31. The summed E-state index contributed by atoms with van der Waals surface area (Å²) in [4.78, 5) is 0. The fourth-order valence-electron chi connectivity index (χ4n) is 2.41. The standard InChI is InChI=1S/C16H14ClNO/c17-16-14(11-19)13-8-4-5-9-15(13)18(16)10-12-6-2-1-3-7-12/h1-9,19H,10-11H2. The zero-order valence-electron chi connectivity index (χ0n) is 10.4. The van der Waals surface area contributed by atoms with E-state index in [0.717, 1.165) is 16.5 Å². The quantitative estimate of drug-likeness (QED) is 0.769. The SMILES string of the molecule is OCc1c(Cl)n(Cc2ccccc2)c2ccccc12. The van der Waals surface area contributed by atoms with Gasteiger partial charge in [-0.1, -0.05) is 60.1 Å². The van der Waals surface area contributed by atoms with Crippen molar-refractivity contribution in [2.75, 3.05) is 0 Å². The number of para-hydroxylation sites is 1. The van der Waals surface area contributed by atoms with Gasteiger partial charge in [0.2, 0.25) is 0 Å². The smallest absolute Gasteiger partial charge is 0.115 e. The highest BCUT2D eigenvalue weighted by atomic mass is 35.5. The normalized spacial score (nSPS) is 11.1. The predicted octanol–water partition coefficient (Wildman–Crippen LogP) is 3.84. The zero-order valence-corrected chi connectivity index (χ0v) is 11.1. The minimum absolute atomic E-state index is 0.0405. The Balaban J connectivity index is 2.15. The molecule has 0 saturated heterocycles. The van der Waals surface area contributed by atoms with Crippen molar-refractivity contribution >= 4 is 22.5 Å². The van der Waals surface area contributed by atoms with Crippen molar-refractivity contribution in [3.05, 3.63) is 70.9 Å². The fourth-order valence-corrected chi connectivity index (χ4v) is 2.73. The molecular formula is C16H14ClNO. The van der Waals surface area contributed by atoms with Gasteiger partial charge in [0.1, 0.15) is 5.15 Å². The Morgan fingerprint density at radius 3 is 2.37 bits per heavy atom. The third-order valence-electron chi connectivity index (χ3n) is 3.35. The van der Waals surface area contributed by atoms with Crippen LogP contribution in [0.3, 0.4) is 0 Å².